The third kappa shape index (κ3) is 6.25. The van der Waals surface area contributed by atoms with Crippen LogP contribution in [0.2, 0.25) is 0 Å². The summed E-state index contributed by atoms with van der Waals surface area (Å²) in [5, 5.41) is 0. The van der Waals surface area contributed by atoms with E-state index in [9.17, 15) is 13.2 Å². The molecule has 0 aliphatic heterocycles. The van der Waals surface area contributed by atoms with Crippen LogP contribution < -0.4 is 10.7 Å². The van der Waals surface area contributed by atoms with Crippen molar-refractivity contribution in [1.82, 2.24) is 0 Å². The van der Waals surface area contributed by atoms with Crippen molar-refractivity contribution >= 4 is 14.1 Å². The van der Waals surface area contributed by atoms with E-state index in [4.69, 9.17) is 13.6 Å². The van der Waals surface area contributed by atoms with E-state index in [1.807, 2.05) is 0 Å². The first-order chi connectivity index (χ1) is 5.63. The molecule has 0 rings (SSSR count). The highest BCUT2D eigenvalue weighted by molar-refractivity contribution is 6.13. The fraction of sp³-hybridized carbons (Fsp3) is 0.571. The summed E-state index contributed by atoms with van der Waals surface area (Å²) in [7, 11) is 5.44. The van der Waals surface area contributed by atoms with Crippen LogP contribution in [0.5, 0.6) is 0 Å². The van der Waals surface area contributed by atoms with Gasteiger partial charge in [0.25, 0.3) is 0 Å². The zero-order valence-electron chi connectivity index (χ0n) is 7.44. The van der Waals surface area contributed by atoms with Gasteiger partial charge >= 0.3 is 6.18 Å². The molecule has 13 heavy (non-hydrogen) atoms. The third-order valence-corrected chi connectivity index (χ3v) is 1.05. The lowest BCUT2D eigenvalue weighted by molar-refractivity contribution is -0.508. The summed E-state index contributed by atoms with van der Waals surface area (Å²) < 4.78 is 35.4. The van der Waals surface area contributed by atoms with Crippen LogP contribution in [0.4, 0.5) is 13.2 Å². The molecule has 0 bridgehead atoms. The first-order valence-corrected chi connectivity index (χ1v) is 3.55. The van der Waals surface area contributed by atoms with Crippen LogP contribution in [0.1, 0.15) is 13.8 Å². The van der Waals surface area contributed by atoms with Gasteiger partial charge in [0.05, 0.1) is 0 Å². The molecule has 0 aromatic carbocycles. The van der Waals surface area contributed by atoms with Crippen molar-refractivity contribution in [2.45, 2.75) is 25.5 Å². The van der Waals surface area contributed by atoms with Crippen LogP contribution in [-0.4, -0.2) is 25.7 Å². The Labute approximate surface area is 76.1 Å². The third-order valence-electron chi connectivity index (χ3n) is 1.05. The number of rotatable bonds is 2. The monoisotopic (exact) mass is 191 g/mol. The molecule has 0 saturated carbocycles. The minimum absolute atomic E-state index is 0.731. The summed E-state index contributed by atoms with van der Waals surface area (Å²) in [4.78, 5) is 2.52. The smallest absolute Gasteiger partial charge is 0.395 e. The van der Waals surface area contributed by atoms with Crippen LogP contribution in [-0.2, 0) is 0 Å². The highest BCUT2D eigenvalue weighted by Crippen LogP contribution is 2.20. The molecule has 0 aromatic rings. The topological polar surface area (TPSA) is 40.0 Å². The maximum Gasteiger partial charge on any atom is 0.430 e. The lowest BCUT2D eigenvalue weighted by atomic mass is 9.83. The number of halogens is 3. The molecular formula is C7H11BF3N2+. The first-order valence-electron chi connectivity index (χ1n) is 3.55. The highest BCUT2D eigenvalue weighted by Gasteiger charge is 2.31. The quantitative estimate of drug-likeness (QED) is 0.446. The van der Waals surface area contributed by atoms with E-state index in [1.165, 1.54) is 0 Å². The second kappa shape index (κ2) is 3.85. The van der Waals surface area contributed by atoms with Crippen molar-refractivity contribution < 1.29 is 18.2 Å². The van der Waals surface area contributed by atoms with Gasteiger partial charge in [0.15, 0.2) is 14.1 Å². The van der Waals surface area contributed by atoms with Crippen molar-refractivity contribution in [2.24, 2.45) is 5.73 Å². The van der Waals surface area contributed by atoms with Crippen molar-refractivity contribution in [3.8, 4) is 0 Å². The van der Waals surface area contributed by atoms with Gasteiger partial charge in [0.2, 0.25) is 0 Å². The van der Waals surface area contributed by atoms with Crippen molar-refractivity contribution in [2.75, 3.05) is 0 Å². The van der Waals surface area contributed by atoms with Gasteiger partial charge in [-0.2, -0.15) is 13.2 Å². The van der Waals surface area contributed by atoms with Gasteiger partial charge in [-0.1, -0.05) is 0 Å². The fourth-order valence-electron chi connectivity index (χ4n) is 0.441. The van der Waals surface area contributed by atoms with Crippen LogP contribution in [0, 0.1) is 0 Å². The van der Waals surface area contributed by atoms with Crippen LogP contribution >= 0.6 is 0 Å². The lowest BCUT2D eigenvalue weighted by Crippen LogP contribution is -2.83. The minimum Gasteiger partial charge on any atom is -0.395 e. The molecule has 0 spiro atoms. The highest BCUT2D eigenvalue weighted by atomic mass is 19.4. The molecule has 6 heteroatoms. The molecule has 0 saturated heterocycles. The van der Waals surface area contributed by atoms with E-state index >= 15 is 0 Å². The van der Waals surface area contributed by atoms with E-state index in [1.54, 1.807) is 13.8 Å². The SMILES string of the molecule is [B]C(C)(C)[NH+]=CC=C(N)C(F)(F)F. The summed E-state index contributed by atoms with van der Waals surface area (Å²) in [5.74, 6) is 0. The molecule has 72 valence electrons. The standard InChI is InChI=1S/C7H10BF3N2/c1-6(2,8)13-4-3-5(12)7(9,10)11/h3-4H,12H2,1-2H3/p+1. The Morgan fingerprint density at radius 2 is 1.85 bits per heavy atom. The maximum absolute atomic E-state index is 11.8. The summed E-state index contributed by atoms with van der Waals surface area (Å²) in [6.07, 6.45) is -2.69. The summed E-state index contributed by atoms with van der Waals surface area (Å²) in [6, 6.07) is 0. The predicted octanol–water partition coefficient (Wildman–Crippen LogP) is -0.553. The minimum atomic E-state index is -4.49. The number of alkyl halides is 3. The van der Waals surface area contributed by atoms with Crippen molar-refractivity contribution in [1.29, 1.82) is 0 Å². The molecular weight excluding hydrogens is 180 g/mol. The Morgan fingerprint density at radius 1 is 1.38 bits per heavy atom. The second-order valence-electron chi connectivity index (χ2n) is 3.15. The number of hydrogen-bond donors (Lipinski definition) is 2. The van der Waals surface area contributed by atoms with Gasteiger partial charge in [-0.15, -0.1) is 0 Å². The average Bonchev–Trinajstić information content (AvgIpc) is 1.82. The first kappa shape index (κ1) is 12.1. The van der Waals surface area contributed by atoms with Crippen LogP contribution in [0.3, 0.4) is 0 Å². The Bertz CT molecular complexity index is 225. The lowest BCUT2D eigenvalue weighted by Gasteiger charge is -2.05. The molecule has 0 aromatic heterocycles. The number of allylic oxidation sites excluding steroid dienone is 2. The second-order valence-corrected chi connectivity index (χ2v) is 3.15. The molecule has 0 amide bonds. The van der Waals surface area contributed by atoms with E-state index < -0.39 is 17.3 Å². The van der Waals surface area contributed by atoms with Gasteiger partial charge in [0.1, 0.15) is 11.1 Å². The van der Waals surface area contributed by atoms with Gasteiger partial charge in [-0.25, -0.2) is 0 Å². The molecule has 0 aliphatic carbocycles. The Hall–Kier alpha value is -0.935. The molecule has 2 radical (unpaired) electrons. The molecule has 2 nitrogen and oxygen atoms in total. The van der Waals surface area contributed by atoms with Crippen LogP contribution in [0.25, 0.3) is 0 Å². The normalized spacial score (nSPS) is 15.3. The van der Waals surface area contributed by atoms with Gasteiger partial charge in [0, 0.05) is 6.08 Å². The van der Waals surface area contributed by atoms with Gasteiger partial charge in [-0.05, 0) is 13.8 Å². The van der Waals surface area contributed by atoms with E-state index in [-0.39, 0.29) is 0 Å². The molecule has 0 atom stereocenters. The van der Waals surface area contributed by atoms with Crippen molar-refractivity contribution in [3.63, 3.8) is 0 Å². The van der Waals surface area contributed by atoms with E-state index in [2.05, 4.69) is 4.99 Å². The Kier molecular flexibility index (Phi) is 3.57. The van der Waals surface area contributed by atoms with Gasteiger partial charge in [-0.3, -0.25) is 4.99 Å². The maximum atomic E-state index is 11.8. The summed E-state index contributed by atoms with van der Waals surface area (Å²) in [6.45, 7) is 3.22. The van der Waals surface area contributed by atoms with Crippen molar-refractivity contribution in [3.05, 3.63) is 11.8 Å². The fourth-order valence-corrected chi connectivity index (χ4v) is 0.441. The Balaban J connectivity index is 4.37. The number of nitrogens with one attached hydrogen (secondary N) is 1. The number of hydrogen-bond acceptors (Lipinski definition) is 1. The zero-order chi connectivity index (χ0) is 10.7. The Morgan fingerprint density at radius 3 is 2.15 bits per heavy atom. The molecule has 0 fully saturated rings. The van der Waals surface area contributed by atoms with Crippen LogP contribution in [0.15, 0.2) is 11.8 Å². The van der Waals surface area contributed by atoms with E-state index in [0.29, 0.717) is 0 Å². The van der Waals surface area contributed by atoms with Gasteiger partial charge < -0.3 is 5.73 Å². The average molecular weight is 191 g/mol. The number of nitrogens with two attached hydrogens (primary N) is 1. The molecule has 0 unspecified atom stereocenters. The summed E-state index contributed by atoms with van der Waals surface area (Å²) in [5.41, 5.74) is 2.78. The largest absolute Gasteiger partial charge is 0.430 e. The molecule has 3 N–H and O–H groups in total. The van der Waals surface area contributed by atoms with E-state index in [0.717, 1.165) is 12.3 Å². The zero-order valence-corrected chi connectivity index (χ0v) is 7.44. The molecule has 0 heterocycles. The predicted molar refractivity (Wildman–Crippen MR) is 45.2 cm³/mol. The molecule has 0 aliphatic rings. The summed E-state index contributed by atoms with van der Waals surface area (Å²) >= 11 is 0.